The number of carbonyl (C=O) groups excluding carboxylic acids is 1. The van der Waals surface area contributed by atoms with Crippen LogP contribution in [0.1, 0.15) is 48.0 Å². The van der Waals surface area contributed by atoms with Gasteiger partial charge in [0.05, 0.1) is 12.1 Å². The first-order valence-electron chi connectivity index (χ1n) is 6.93. The molecule has 0 amide bonds. The lowest BCUT2D eigenvalue weighted by Crippen LogP contribution is -2.17. The lowest BCUT2D eigenvalue weighted by atomic mass is 10.1. The van der Waals surface area contributed by atoms with Crippen molar-refractivity contribution in [1.82, 2.24) is 0 Å². The molecule has 134 valence electrons. The Bertz CT molecular complexity index is 502. The number of carboxylic acid groups (broad SMARTS) is 1. The van der Waals surface area contributed by atoms with E-state index in [0.29, 0.717) is 6.42 Å². The normalized spacial score (nSPS) is 12.0. The van der Waals surface area contributed by atoms with E-state index in [9.17, 15) is 9.59 Å². The third-order valence-electron chi connectivity index (χ3n) is 2.15. The zero-order valence-corrected chi connectivity index (χ0v) is 14.6. The number of ether oxygens (including phenoxy) is 1. The molecule has 0 aromatic heterocycles. The van der Waals surface area contributed by atoms with E-state index in [0.717, 1.165) is 0 Å². The van der Waals surface area contributed by atoms with Crippen molar-refractivity contribution >= 4 is 12.3 Å². The van der Waals surface area contributed by atoms with Crippen molar-refractivity contribution in [3.63, 3.8) is 0 Å². The van der Waals surface area contributed by atoms with E-state index in [4.69, 9.17) is 15.6 Å². The minimum atomic E-state index is -1.70. The van der Waals surface area contributed by atoms with Gasteiger partial charge in [-0.3, -0.25) is 0 Å². The van der Waals surface area contributed by atoms with Crippen LogP contribution in [0.25, 0.3) is 0 Å². The predicted octanol–water partition coefficient (Wildman–Crippen LogP) is 3.59. The molecule has 0 aliphatic carbocycles. The first-order chi connectivity index (χ1) is 10.9. The Morgan fingerprint density at radius 2 is 1.50 bits per heavy atom. The Morgan fingerprint density at radius 1 is 1.08 bits per heavy atom. The second-order valence-electron chi connectivity index (χ2n) is 5.56. The molecule has 0 heterocycles. The van der Waals surface area contributed by atoms with Crippen molar-refractivity contribution in [3.05, 3.63) is 0 Å². The molecule has 0 rings (SSSR count). The molecule has 0 radical (unpaired) electrons. The fourth-order valence-electron chi connectivity index (χ4n) is 0.632. The van der Waals surface area contributed by atoms with Crippen LogP contribution in [0.5, 0.6) is 0 Å². The topological polar surface area (TPSA) is 154 Å². The molecule has 0 aliphatic heterocycles. The molecule has 1 N–H and O–H groups in total. The molecule has 10 heteroatoms. The summed E-state index contributed by atoms with van der Waals surface area (Å²) in [6.45, 7) is 10.0. The maximum atomic E-state index is 10.5. The second-order valence-corrected chi connectivity index (χ2v) is 5.56. The average molecular weight is 342 g/mol. The van der Waals surface area contributed by atoms with Crippen molar-refractivity contribution in [2.24, 2.45) is 10.2 Å². The molecule has 10 nitrogen and oxygen atoms in total. The fraction of sp³-hybridized carbons (Fsp3) is 0.714. The summed E-state index contributed by atoms with van der Waals surface area (Å²) >= 11 is 0. The van der Waals surface area contributed by atoms with E-state index in [1.54, 1.807) is 41.5 Å². The van der Waals surface area contributed by atoms with E-state index >= 15 is 0 Å². The number of nitrogens with zero attached hydrogens (tertiary/aromatic N) is 4. The van der Waals surface area contributed by atoms with Gasteiger partial charge in [0.15, 0.2) is 11.1 Å². The van der Waals surface area contributed by atoms with E-state index in [1.807, 2.05) is 12.1 Å². The zero-order chi connectivity index (χ0) is 19.4. The van der Waals surface area contributed by atoms with Crippen LogP contribution in [0.2, 0.25) is 0 Å². The van der Waals surface area contributed by atoms with Gasteiger partial charge >= 0.3 is 12.3 Å². The molecule has 0 fully saturated rings. The first-order valence-corrected chi connectivity index (χ1v) is 6.93. The Hall–Kier alpha value is -2.88. The summed E-state index contributed by atoms with van der Waals surface area (Å²) in [5.74, 6) is 0. The highest BCUT2D eigenvalue weighted by Crippen LogP contribution is 2.13. The van der Waals surface area contributed by atoms with Crippen molar-refractivity contribution in [2.45, 2.75) is 65.1 Å². The number of azo groups is 1. The quantitative estimate of drug-likeness (QED) is 0.351. The summed E-state index contributed by atoms with van der Waals surface area (Å²) in [6, 6.07) is 3.94. The third kappa shape index (κ3) is 14.1. The van der Waals surface area contributed by atoms with E-state index in [1.165, 1.54) is 0 Å². The van der Waals surface area contributed by atoms with Gasteiger partial charge in [-0.2, -0.15) is 30.4 Å². The fourth-order valence-corrected chi connectivity index (χ4v) is 0.632. The molecular formula is C14H22N4O6. The molecular weight excluding hydrogens is 320 g/mol. The standard InChI is InChI=1S/C8H12N4.C6H10O6/c1-7(2,5-9)11-12-8(3,4)6-10;1-3-4(2)10-6(9)12-11-5(7)8/h1-4H3;4H,3H2,1-2H3,(H,7,8). The predicted molar refractivity (Wildman–Crippen MR) is 80.7 cm³/mol. The first kappa shape index (κ1) is 23.4. The summed E-state index contributed by atoms with van der Waals surface area (Å²) in [5.41, 5.74) is -1.68. The summed E-state index contributed by atoms with van der Waals surface area (Å²) in [6.07, 6.45) is -2.57. The molecule has 0 aromatic carbocycles. The minimum Gasteiger partial charge on any atom is -0.447 e. The maximum Gasteiger partial charge on any atom is 0.550 e. The van der Waals surface area contributed by atoms with Crippen molar-refractivity contribution in [3.8, 4) is 12.1 Å². The molecule has 1 atom stereocenters. The highest BCUT2D eigenvalue weighted by molar-refractivity contribution is 5.62. The van der Waals surface area contributed by atoms with Crippen LogP contribution in [-0.4, -0.2) is 34.6 Å². The minimum absolute atomic E-state index is 0.324. The molecule has 1 unspecified atom stereocenters. The highest BCUT2D eigenvalue weighted by atomic mass is 17.3. The number of hydrogen-bond acceptors (Lipinski definition) is 9. The Labute approximate surface area is 140 Å². The monoisotopic (exact) mass is 342 g/mol. The van der Waals surface area contributed by atoms with Crippen molar-refractivity contribution in [1.29, 1.82) is 10.5 Å². The average Bonchev–Trinajstić information content (AvgIpc) is 2.51. The Balaban J connectivity index is 0. The molecule has 0 aromatic rings. The van der Waals surface area contributed by atoms with E-state index in [-0.39, 0.29) is 6.10 Å². The highest BCUT2D eigenvalue weighted by Gasteiger charge is 2.19. The van der Waals surface area contributed by atoms with Gasteiger partial charge in [-0.05, 0) is 41.0 Å². The van der Waals surface area contributed by atoms with Crippen LogP contribution in [0.15, 0.2) is 10.2 Å². The van der Waals surface area contributed by atoms with Crippen LogP contribution < -0.4 is 0 Å². The van der Waals surface area contributed by atoms with Gasteiger partial charge in [0.2, 0.25) is 0 Å². The van der Waals surface area contributed by atoms with E-state index < -0.39 is 23.4 Å². The molecule has 0 spiro atoms. The van der Waals surface area contributed by atoms with Gasteiger partial charge in [-0.1, -0.05) is 6.92 Å². The largest absolute Gasteiger partial charge is 0.550 e. The zero-order valence-electron chi connectivity index (χ0n) is 14.6. The van der Waals surface area contributed by atoms with Crippen LogP contribution in [0.4, 0.5) is 9.59 Å². The Kier molecular flexibility index (Phi) is 10.5. The molecule has 24 heavy (non-hydrogen) atoms. The number of carbonyl (C=O) groups is 2. The van der Waals surface area contributed by atoms with Gasteiger partial charge in [0.1, 0.15) is 6.10 Å². The van der Waals surface area contributed by atoms with E-state index in [2.05, 4.69) is 24.7 Å². The van der Waals surface area contributed by atoms with Gasteiger partial charge in [-0.25, -0.2) is 9.68 Å². The van der Waals surface area contributed by atoms with Crippen LogP contribution in [0, 0.1) is 22.7 Å². The Morgan fingerprint density at radius 3 is 1.79 bits per heavy atom. The number of hydrogen-bond donors (Lipinski definition) is 1. The summed E-state index contributed by atoms with van der Waals surface area (Å²) in [7, 11) is 0. The van der Waals surface area contributed by atoms with Gasteiger partial charge in [0.25, 0.3) is 0 Å². The summed E-state index contributed by atoms with van der Waals surface area (Å²) in [4.78, 5) is 27.4. The lowest BCUT2D eigenvalue weighted by Gasteiger charge is -2.11. The summed E-state index contributed by atoms with van der Waals surface area (Å²) in [5, 5.41) is 32.6. The van der Waals surface area contributed by atoms with Crippen LogP contribution in [-0.2, 0) is 14.5 Å². The van der Waals surface area contributed by atoms with Crippen molar-refractivity contribution < 1.29 is 29.2 Å². The van der Waals surface area contributed by atoms with Gasteiger partial charge in [-0.15, -0.1) is 0 Å². The van der Waals surface area contributed by atoms with Gasteiger partial charge in [0, 0.05) is 0 Å². The lowest BCUT2D eigenvalue weighted by molar-refractivity contribution is -0.216. The molecule has 0 bridgehead atoms. The summed E-state index contributed by atoms with van der Waals surface area (Å²) < 4.78 is 4.50. The molecule has 0 saturated carbocycles. The number of nitriles is 2. The third-order valence-corrected chi connectivity index (χ3v) is 2.15. The molecule has 0 aliphatic rings. The van der Waals surface area contributed by atoms with Crippen LogP contribution in [0.3, 0.4) is 0 Å². The smallest absolute Gasteiger partial charge is 0.447 e. The maximum absolute atomic E-state index is 10.5. The molecule has 0 saturated heterocycles. The van der Waals surface area contributed by atoms with Gasteiger partial charge < -0.3 is 9.84 Å². The second kappa shape index (κ2) is 10.8. The SMILES string of the molecule is CC(C)(C#N)N=NC(C)(C)C#N.CCC(C)OC(=O)OOC(=O)O. The van der Waals surface area contributed by atoms with Crippen molar-refractivity contribution in [2.75, 3.05) is 0 Å². The van der Waals surface area contributed by atoms with Crippen LogP contribution >= 0.6 is 0 Å². The number of rotatable bonds is 4.